The average Bonchev–Trinajstić information content (AvgIpc) is 2.64. The molecule has 1 atom stereocenters. The molecule has 1 amide bonds. The van der Waals surface area contributed by atoms with Crippen LogP contribution >= 0.6 is 0 Å². The first-order chi connectivity index (χ1) is 12.1. The fourth-order valence-electron chi connectivity index (χ4n) is 2.43. The van der Waals surface area contributed by atoms with Crippen molar-refractivity contribution in [3.8, 4) is 0 Å². The Morgan fingerprint density at radius 2 is 1.72 bits per heavy atom. The molecule has 2 aromatic carbocycles. The molecule has 0 spiro atoms. The van der Waals surface area contributed by atoms with E-state index >= 15 is 0 Å². The van der Waals surface area contributed by atoms with Crippen molar-refractivity contribution in [1.29, 1.82) is 0 Å². The van der Waals surface area contributed by atoms with Gasteiger partial charge in [0, 0.05) is 17.6 Å². The summed E-state index contributed by atoms with van der Waals surface area (Å²) in [5.41, 5.74) is 2.78. The van der Waals surface area contributed by atoms with E-state index in [9.17, 15) is 9.18 Å². The van der Waals surface area contributed by atoms with Crippen molar-refractivity contribution in [2.24, 2.45) is 0 Å². The van der Waals surface area contributed by atoms with Crippen LogP contribution in [-0.2, 0) is 0 Å². The minimum atomic E-state index is -0.296. The largest absolute Gasteiger partial charge is 0.355 e. The Morgan fingerprint density at radius 1 is 1.00 bits per heavy atom. The minimum absolute atomic E-state index is 0.121. The SMILES string of the molecule is CC(NC(=O)c1cc(Nc2ccc(F)cc2)ccn1)c1ccccc1. The Balaban J connectivity index is 1.70. The fraction of sp³-hybridized carbons (Fsp3) is 0.100. The zero-order valence-electron chi connectivity index (χ0n) is 13.7. The average molecular weight is 335 g/mol. The maximum absolute atomic E-state index is 13.0. The molecule has 0 aliphatic heterocycles. The highest BCUT2D eigenvalue weighted by molar-refractivity contribution is 5.93. The maximum Gasteiger partial charge on any atom is 0.270 e. The molecule has 1 heterocycles. The number of hydrogen-bond acceptors (Lipinski definition) is 3. The molecule has 0 radical (unpaired) electrons. The highest BCUT2D eigenvalue weighted by atomic mass is 19.1. The van der Waals surface area contributed by atoms with Gasteiger partial charge in [-0.1, -0.05) is 30.3 Å². The Kier molecular flexibility index (Phi) is 5.04. The second-order valence-electron chi connectivity index (χ2n) is 5.67. The predicted octanol–water partition coefficient (Wildman–Crippen LogP) is 4.46. The number of nitrogens with one attached hydrogen (secondary N) is 2. The second-order valence-corrected chi connectivity index (χ2v) is 5.67. The zero-order valence-corrected chi connectivity index (χ0v) is 13.7. The molecule has 0 bridgehead atoms. The summed E-state index contributed by atoms with van der Waals surface area (Å²) < 4.78 is 13.0. The monoisotopic (exact) mass is 335 g/mol. The van der Waals surface area contributed by atoms with E-state index in [1.165, 1.54) is 12.1 Å². The number of rotatable bonds is 5. The number of anilines is 2. The van der Waals surface area contributed by atoms with E-state index in [-0.39, 0.29) is 17.8 Å². The smallest absolute Gasteiger partial charge is 0.270 e. The quantitative estimate of drug-likeness (QED) is 0.724. The second kappa shape index (κ2) is 7.57. The van der Waals surface area contributed by atoms with Crippen molar-refractivity contribution in [3.05, 3.63) is 90.0 Å². The number of hydrogen-bond donors (Lipinski definition) is 2. The fourth-order valence-corrected chi connectivity index (χ4v) is 2.43. The van der Waals surface area contributed by atoms with E-state index in [0.29, 0.717) is 11.4 Å². The van der Waals surface area contributed by atoms with Gasteiger partial charge in [-0.2, -0.15) is 0 Å². The number of benzene rings is 2. The van der Waals surface area contributed by atoms with E-state index in [2.05, 4.69) is 15.6 Å². The summed E-state index contributed by atoms with van der Waals surface area (Å²) in [4.78, 5) is 16.6. The number of pyridine rings is 1. The summed E-state index contributed by atoms with van der Waals surface area (Å²) in [7, 11) is 0. The van der Waals surface area contributed by atoms with Crippen LogP contribution in [0.15, 0.2) is 72.9 Å². The van der Waals surface area contributed by atoms with Crippen molar-refractivity contribution in [1.82, 2.24) is 10.3 Å². The van der Waals surface area contributed by atoms with Crippen LogP contribution in [0.1, 0.15) is 29.0 Å². The minimum Gasteiger partial charge on any atom is -0.355 e. The summed E-state index contributed by atoms with van der Waals surface area (Å²) in [5, 5.41) is 6.06. The molecule has 0 aliphatic rings. The first-order valence-electron chi connectivity index (χ1n) is 7.96. The number of amides is 1. The van der Waals surface area contributed by atoms with E-state index in [1.54, 1.807) is 30.5 Å². The van der Waals surface area contributed by atoms with Gasteiger partial charge in [0.2, 0.25) is 0 Å². The van der Waals surface area contributed by atoms with Crippen molar-refractivity contribution in [2.75, 3.05) is 5.32 Å². The Labute approximate surface area is 145 Å². The van der Waals surface area contributed by atoms with E-state index in [0.717, 1.165) is 11.3 Å². The van der Waals surface area contributed by atoms with Crippen LogP contribution in [0.5, 0.6) is 0 Å². The van der Waals surface area contributed by atoms with Gasteiger partial charge in [0.1, 0.15) is 11.5 Å². The molecule has 0 saturated heterocycles. The van der Waals surface area contributed by atoms with E-state index in [4.69, 9.17) is 0 Å². The maximum atomic E-state index is 13.0. The molecule has 25 heavy (non-hydrogen) atoms. The van der Waals surface area contributed by atoms with Gasteiger partial charge in [0.15, 0.2) is 0 Å². The third-order valence-electron chi connectivity index (χ3n) is 3.77. The molecule has 1 aromatic heterocycles. The van der Waals surface area contributed by atoms with E-state index < -0.39 is 0 Å². The summed E-state index contributed by atoms with van der Waals surface area (Å²) >= 11 is 0. The van der Waals surface area contributed by atoms with Crippen LogP contribution < -0.4 is 10.6 Å². The number of carbonyl (C=O) groups excluding carboxylic acids is 1. The van der Waals surface area contributed by atoms with Gasteiger partial charge in [0.05, 0.1) is 6.04 Å². The molecular weight excluding hydrogens is 317 g/mol. The van der Waals surface area contributed by atoms with Gasteiger partial charge in [-0.25, -0.2) is 4.39 Å². The molecule has 3 aromatic rings. The standard InChI is InChI=1S/C20H18FN3O/c1-14(15-5-3-2-4-6-15)23-20(25)19-13-18(11-12-22-19)24-17-9-7-16(21)8-10-17/h2-14H,1H3,(H,22,24)(H,23,25). The third kappa shape index (κ3) is 4.41. The highest BCUT2D eigenvalue weighted by Crippen LogP contribution is 2.18. The molecule has 126 valence electrons. The summed E-state index contributed by atoms with van der Waals surface area (Å²) in [5.74, 6) is -0.547. The van der Waals surface area contributed by atoms with Crippen LogP contribution in [0.2, 0.25) is 0 Å². The Hall–Kier alpha value is -3.21. The molecule has 2 N–H and O–H groups in total. The van der Waals surface area contributed by atoms with Gasteiger partial charge < -0.3 is 10.6 Å². The third-order valence-corrected chi connectivity index (χ3v) is 3.77. The van der Waals surface area contributed by atoms with Crippen LogP contribution in [0.4, 0.5) is 15.8 Å². The lowest BCUT2D eigenvalue weighted by Gasteiger charge is -2.14. The zero-order chi connectivity index (χ0) is 17.6. The van der Waals surface area contributed by atoms with Gasteiger partial charge in [0.25, 0.3) is 5.91 Å². The van der Waals surface area contributed by atoms with Gasteiger partial charge in [-0.05, 0) is 48.9 Å². The van der Waals surface area contributed by atoms with Gasteiger partial charge in [-0.15, -0.1) is 0 Å². The first kappa shape index (κ1) is 16.6. The number of halogens is 1. The summed E-state index contributed by atoms with van der Waals surface area (Å²) in [6.07, 6.45) is 1.56. The van der Waals surface area contributed by atoms with Gasteiger partial charge in [-0.3, -0.25) is 9.78 Å². The normalized spacial score (nSPS) is 11.6. The molecule has 4 nitrogen and oxygen atoms in total. The molecule has 0 saturated carbocycles. The van der Waals surface area contributed by atoms with Crippen LogP contribution in [-0.4, -0.2) is 10.9 Å². The lowest BCUT2D eigenvalue weighted by molar-refractivity contribution is 0.0935. The first-order valence-corrected chi connectivity index (χ1v) is 7.96. The van der Waals surface area contributed by atoms with Crippen molar-refractivity contribution in [3.63, 3.8) is 0 Å². The predicted molar refractivity (Wildman–Crippen MR) is 96.2 cm³/mol. The molecule has 3 rings (SSSR count). The van der Waals surface area contributed by atoms with Crippen molar-refractivity contribution < 1.29 is 9.18 Å². The Morgan fingerprint density at radius 3 is 2.44 bits per heavy atom. The number of aromatic nitrogens is 1. The molecule has 0 fully saturated rings. The number of nitrogens with zero attached hydrogens (tertiary/aromatic N) is 1. The van der Waals surface area contributed by atoms with Crippen LogP contribution in [0.3, 0.4) is 0 Å². The van der Waals surface area contributed by atoms with Gasteiger partial charge >= 0.3 is 0 Å². The molecular formula is C20H18FN3O. The lowest BCUT2D eigenvalue weighted by Crippen LogP contribution is -2.27. The molecule has 0 aliphatic carbocycles. The summed E-state index contributed by atoms with van der Waals surface area (Å²) in [6.45, 7) is 1.92. The van der Waals surface area contributed by atoms with Crippen molar-refractivity contribution in [2.45, 2.75) is 13.0 Å². The number of carbonyl (C=O) groups is 1. The van der Waals surface area contributed by atoms with Crippen molar-refractivity contribution >= 4 is 17.3 Å². The molecule has 1 unspecified atom stereocenters. The van der Waals surface area contributed by atoms with Crippen LogP contribution in [0, 0.1) is 5.82 Å². The lowest BCUT2D eigenvalue weighted by atomic mass is 10.1. The summed E-state index contributed by atoms with van der Waals surface area (Å²) in [6, 6.07) is 19.0. The Bertz CT molecular complexity index is 850. The highest BCUT2D eigenvalue weighted by Gasteiger charge is 2.12. The van der Waals surface area contributed by atoms with Crippen LogP contribution in [0.25, 0.3) is 0 Å². The molecule has 5 heteroatoms. The van der Waals surface area contributed by atoms with E-state index in [1.807, 2.05) is 37.3 Å². The topological polar surface area (TPSA) is 54.0 Å².